The van der Waals surface area contributed by atoms with Gasteiger partial charge in [0.05, 0.1) is 24.4 Å². The van der Waals surface area contributed by atoms with Gasteiger partial charge in [-0.3, -0.25) is 14.5 Å². The van der Waals surface area contributed by atoms with Crippen molar-refractivity contribution >= 4 is 11.8 Å². The number of carbonyl (C=O) groups excluding carboxylic acids is 2. The Labute approximate surface area is 149 Å². The molecule has 144 valence electrons. The number of aliphatic hydroxyl groups is 1. The fourth-order valence-corrected chi connectivity index (χ4v) is 2.88. The third-order valence-electron chi connectivity index (χ3n) is 4.05. The molecular formula is C17H22F3N3O3. The van der Waals surface area contributed by atoms with E-state index in [0.29, 0.717) is 6.54 Å². The number of hydrogen-bond acceptors (Lipinski definition) is 4. The molecule has 1 aromatic rings. The Morgan fingerprint density at radius 3 is 2.77 bits per heavy atom. The van der Waals surface area contributed by atoms with Crippen LogP contribution in [0.3, 0.4) is 0 Å². The molecule has 0 radical (unpaired) electrons. The highest BCUT2D eigenvalue weighted by Gasteiger charge is 2.31. The number of carbonyl (C=O) groups is 2. The zero-order chi connectivity index (χ0) is 19.3. The standard InChI is InChI=1S/C17H22F3N3O3/c1-11(24)10-23-7-3-6-14(23)22-15(25)9-21-16(26)12-4-2-5-13(8-12)17(18,19)20/h2,4-5,8,11,14,24H,3,6-7,9-10H2,1H3,(H,21,26)(H,22,25). The fourth-order valence-electron chi connectivity index (χ4n) is 2.88. The number of hydrogen-bond donors (Lipinski definition) is 3. The summed E-state index contributed by atoms with van der Waals surface area (Å²) < 4.78 is 38.0. The fraction of sp³-hybridized carbons (Fsp3) is 0.529. The second kappa shape index (κ2) is 8.50. The molecule has 2 amide bonds. The Morgan fingerprint density at radius 1 is 1.38 bits per heavy atom. The van der Waals surface area contributed by atoms with Gasteiger partial charge in [0.15, 0.2) is 0 Å². The van der Waals surface area contributed by atoms with Gasteiger partial charge in [-0.2, -0.15) is 13.2 Å². The molecule has 0 spiro atoms. The number of benzene rings is 1. The van der Waals surface area contributed by atoms with Crippen LogP contribution in [0, 0.1) is 0 Å². The monoisotopic (exact) mass is 373 g/mol. The van der Waals surface area contributed by atoms with E-state index in [1.807, 2.05) is 4.90 Å². The van der Waals surface area contributed by atoms with Crippen molar-refractivity contribution in [2.24, 2.45) is 0 Å². The Hall–Kier alpha value is -2.13. The molecule has 1 heterocycles. The summed E-state index contributed by atoms with van der Waals surface area (Å²) in [6, 6.07) is 4.02. The van der Waals surface area contributed by atoms with E-state index in [1.54, 1.807) is 6.92 Å². The van der Waals surface area contributed by atoms with Crippen LogP contribution in [0.2, 0.25) is 0 Å². The Kier molecular flexibility index (Phi) is 6.60. The number of likely N-dealkylation sites (tertiary alicyclic amines) is 1. The van der Waals surface area contributed by atoms with Crippen LogP contribution in [0.25, 0.3) is 0 Å². The van der Waals surface area contributed by atoms with Gasteiger partial charge in [0.25, 0.3) is 5.91 Å². The third-order valence-corrected chi connectivity index (χ3v) is 4.05. The molecule has 2 atom stereocenters. The first-order valence-corrected chi connectivity index (χ1v) is 8.34. The smallest absolute Gasteiger partial charge is 0.392 e. The molecule has 0 aromatic heterocycles. The van der Waals surface area contributed by atoms with Crippen LogP contribution < -0.4 is 10.6 Å². The van der Waals surface area contributed by atoms with Crippen molar-refractivity contribution in [3.63, 3.8) is 0 Å². The second-order valence-electron chi connectivity index (χ2n) is 6.33. The molecule has 0 aliphatic carbocycles. The molecular weight excluding hydrogens is 351 g/mol. The maximum Gasteiger partial charge on any atom is 0.416 e. The van der Waals surface area contributed by atoms with Crippen LogP contribution in [0.5, 0.6) is 0 Å². The average Bonchev–Trinajstić information content (AvgIpc) is 2.98. The summed E-state index contributed by atoms with van der Waals surface area (Å²) in [6.45, 7) is 2.51. The van der Waals surface area contributed by atoms with Gasteiger partial charge in [-0.05, 0) is 38.0 Å². The number of alkyl halides is 3. The molecule has 3 N–H and O–H groups in total. The molecule has 2 unspecified atom stereocenters. The van der Waals surface area contributed by atoms with Crippen LogP contribution in [0.1, 0.15) is 35.7 Å². The van der Waals surface area contributed by atoms with Crippen molar-refractivity contribution in [3.8, 4) is 0 Å². The summed E-state index contributed by atoms with van der Waals surface area (Å²) in [7, 11) is 0. The number of nitrogens with one attached hydrogen (secondary N) is 2. The molecule has 1 aromatic carbocycles. The van der Waals surface area contributed by atoms with E-state index in [4.69, 9.17) is 0 Å². The number of rotatable bonds is 6. The van der Waals surface area contributed by atoms with Gasteiger partial charge >= 0.3 is 6.18 Å². The number of nitrogens with zero attached hydrogens (tertiary/aromatic N) is 1. The molecule has 0 bridgehead atoms. The predicted octanol–water partition coefficient (Wildman–Crippen LogP) is 1.35. The van der Waals surface area contributed by atoms with E-state index in [2.05, 4.69) is 10.6 Å². The highest BCUT2D eigenvalue weighted by Crippen LogP contribution is 2.29. The Balaban J connectivity index is 1.86. The van der Waals surface area contributed by atoms with Crippen LogP contribution in [-0.4, -0.2) is 53.7 Å². The molecule has 1 aliphatic heterocycles. The summed E-state index contributed by atoms with van der Waals surface area (Å²) in [5.41, 5.74) is -1.08. The summed E-state index contributed by atoms with van der Waals surface area (Å²) in [5.74, 6) is -1.19. The summed E-state index contributed by atoms with van der Waals surface area (Å²) in [4.78, 5) is 25.9. The van der Waals surface area contributed by atoms with E-state index in [1.165, 1.54) is 6.07 Å². The predicted molar refractivity (Wildman–Crippen MR) is 88.2 cm³/mol. The largest absolute Gasteiger partial charge is 0.416 e. The van der Waals surface area contributed by atoms with E-state index in [-0.39, 0.29) is 18.3 Å². The first-order valence-electron chi connectivity index (χ1n) is 8.34. The molecule has 6 nitrogen and oxygen atoms in total. The summed E-state index contributed by atoms with van der Waals surface area (Å²) in [6.07, 6.45) is -3.66. The van der Waals surface area contributed by atoms with Gasteiger partial charge in [-0.15, -0.1) is 0 Å². The minimum Gasteiger partial charge on any atom is -0.392 e. The molecule has 26 heavy (non-hydrogen) atoms. The zero-order valence-corrected chi connectivity index (χ0v) is 14.3. The van der Waals surface area contributed by atoms with Gasteiger partial charge in [0.1, 0.15) is 0 Å². The third kappa shape index (κ3) is 5.70. The van der Waals surface area contributed by atoms with Gasteiger partial charge in [0.2, 0.25) is 5.91 Å². The quantitative estimate of drug-likeness (QED) is 0.703. The number of aliphatic hydroxyl groups excluding tert-OH is 1. The van der Waals surface area contributed by atoms with Crippen LogP contribution in [0.15, 0.2) is 24.3 Å². The molecule has 2 rings (SSSR count). The first kappa shape index (κ1) is 20.2. The average molecular weight is 373 g/mol. The summed E-state index contributed by atoms with van der Waals surface area (Å²) in [5, 5.41) is 14.5. The topological polar surface area (TPSA) is 81.7 Å². The highest BCUT2D eigenvalue weighted by molar-refractivity contribution is 5.96. The van der Waals surface area contributed by atoms with Gasteiger partial charge < -0.3 is 15.7 Å². The maximum absolute atomic E-state index is 12.7. The molecule has 0 saturated carbocycles. The molecule has 1 saturated heterocycles. The lowest BCUT2D eigenvalue weighted by atomic mass is 10.1. The lowest BCUT2D eigenvalue weighted by Gasteiger charge is -2.26. The van der Waals surface area contributed by atoms with Crippen LogP contribution in [-0.2, 0) is 11.0 Å². The van der Waals surface area contributed by atoms with E-state index < -0.39 is 29.7 Å². The summed E-state index contributed by atoms with van der Waals surface area (Å²) >= 11 is 0. The van der Waals surface area contributed by atoms with Crippen molar-refractivity contribution in [1.82, 2.24) is 15.5 Å². The molecule has 1 aliphatic rings. The normalized spacial score (nSPS) is 19.2. The molecule has 9 heteroatoms. The lowest BCUT2D eigenvalue weighted by Crippen LogP contribution is -2.49. The molecule has 1 fully saturated rings. The SMILES string of the molecule is CC(O)CN1CCCC1NC(=O)CNC(=O)c1cccc(C(F)(F)F)c1. The van der Waals surface area contributed by atoms with E-state index in [0.717, 1.165) is 37.6 Å². The van der Waals surface area contributed by atoms with Gasteiger partial charge in [0, 0.05) is 18.7 Å². The zero-order valence-electron chi connectivity index (χ0n) is 14.3. The number of halogens is 3. The van der Waals surface area contributed by atoms with Crippen molar-refractivity contribution in [1.29, 1.82) is 0 Å². The van der Waals surface area contributed by atoms with Crippen molar-refractivity contribution in [2.75, 3.05) is 19.6 Å². The second-order valence-corrected chi connectivity index (χ2v) is 6.33. The van der Waals surface area contributed by atoms with Crippen molar-refractivity contribution in [2.45, 2.75) is 38.2 Å². The van der Waals surface area contributed by atoms with Gasteiger partial charge in [-0.1, -0.05) is 6.07 Å². The maximum atomic E-state index is 12.7. The Morgan fingerprint density at radius 2 is 2.12 bits per heavy atom. The minimum atomic E-state index is -4.54. The number of amides is 2. The first-order chi connectivity index (χ1) is 12.2. The van der Waals surface area contributed by atoms with E-state index >= 15 is 0 Å². The Bertz CT molecular complexity index is 650. The van der Waals surface area contributed by atoms with E-state index in [9.17, 15) is 27.9 Å². The highest BCUT2D eigenvalue weighted by atomic mass is 19.4. The van der Waals surface area contributed by atoms with Crippen molar-refractivity contribution in [3.05, 3.63) is 35.4 Å². The van der Waals surface area contributed by atoms with Crippen LogP contribution >= 0.6 is 0 Å². The lowest BCUT2D eigenvalue weighted by molar-refractivity contribution is -0.137. The van der Waals surface area contributed by atoms with Gasteiger partial charge in [-0.25, -0.2) is 0 Å². The van der Waals surface area contributed by atoms with Crippen LogP contribution in [0.4, 0.5) is 13.2 Å². The number of β-amino-alcohol motifs (C(OH)–C–C–N with tert-alkyl or cyclic N) is 1. The van der Waals surface area contributed by atoms with Crippen molar-refractivity contribution < 1.29 is 27.9 Å². The minimum absolute atomic E-state index is 0.163.